The van der Waals surface area contributed by atoms with Crippen LogP contribution in [0.1, 0.15) is 56.3 Å². The third-order valence-electron chi connectivity index (χ3n) is 7.67. The summed E-state index contributed by atoms with van der Waals surface area (Å²) in [4.78, 5) is 9.32. The van der Waals surface area contributed by atoms with Gasteiger partial charge in [0.25, 0.3) is 10.0 Å². The molecular formula is C25H28ClN5O4S2. The maximum atomic E-state index is 13.4. The van der Waals surface area contributed by atoms with Crippen LogP contribution in [0.2, 0.25) is 5.15 Å². The van der Waals surface area contributed by atoms with Crippen molar-refractivity contribution in [1.82, 2.24) is 23.1 Å². The average Bonchev–Trinajstić information content (AvgIpc) is 3.39. The van der Waals surface area contributed by atoms with Crippen molar-refractivity contribution in [3.8, 4) is 0 Å². The van der Waals surface area contributed by atoms with E-state index < -0.39 is 20.0 Å². The number of nitrogens with one attached hydrogen (secondary N) is 1. The van der Waals surface area contributed by atoms with E-state index >= 15 is 0 Å². The Bertz CT molecular complexity index is 1720. The van der Waals surface area contributed by atoms with Crippen molar-refractivity contribution in [3.05, 3.63) is 59.3 Å². The lowest BCUT2D eigenvalue weighted by molar-refractivity contribution is 0.450. The number of sulfonamides is 1. The van der Waals surface area contributed by atoms with Crippen LogP contribution in [0.4, 0.5) is 0 Å². The van der Waals surface area contributed by atoms with Gasteiger partial charge in [-0.3, -0.25) is 4.40 Å². The van der Waals surface area contributed by atoms with E-state index in [1.807, 2.05) is 11.3 Å². The third-order valence-corrected chi connectivity index (χ3v) is 11.6. The largest absolute Gasteiger partial charge is 0.290 e. The van der Waals surface area contributed by atoms with Gasteiger partial charge in [-0.25, -0.2) is 35.5 Å². The van der Waals surface area contributed by atoms with Crippen LogP contribution >= 0.6 is 11.6 Å². The van der Waals surface area contributed by atoms with Crippen LogP contribution in [0.15, 0.2) is 47.6 Å². The first kappa shape index (κ1) is 24.8. The standard InChI is InChI=1S/C25H28ClN5O4S2/c1-3-16-12-17(29-36(32,33)18-8-9-18)13-20(16)24-28-23(26)22-14-27-25-21(31(22)24)10-11-30(25)37(34,35)19-6-4-15(2)5-7-19/h4-7,10-11,14,16-18,20,29H,3,8-9,12-13H2,1-2H3/t16-,17+,20+/m1/s1. The van der Waals surface area contributed by atoms with E-state index in [-0.39, 0.29) is 38.8 Å². The summed E-state index contributed by atoms with van der Waals surface area (Å²) in [5.41, 5.74) is 2.42. The molecule has 3 atom stereocenters. The van der Waals surface area contributed by atoms with Crippen molar-refractivity contribution in [3.63, 3.8) is 0 Å². The number of imidazole rings is 1. The lowest BCUT2D eigenvalue weighted by Gasteiger charge is -2.17. The highest BCUT2D eigenvalue weighted by Crippen LogP contribution is 2.43. The van der Waals surface area contributed by atoms with E-state index in [1.165, 1.54) is 10.2 Å². The maximum absolute atomic E-state index is 13.4. The molecule has 0 aliphatic heterocycles. The fraction of sp³-hybridized carbons (Fsp3) is 0.440. The molecule has 3 aromatic heterocycles. The van der Waals surface area contributed by atoms with Crippen molar-refractivity contribution >= 4 is 48.3 Å². The lowest BCUT2D eigenvalue weighted by Crippen LogP contribution is -2.35. The van der Waals surface area contributed by atoms with Gasteiger partial charge in [0.15, 0.2) is 10.8 Å². The van der Waals surface area contributed by atoms with Crippen LogP contribution < -0.4 is 4.72 Å². The van der Waals surface area contributed by atoms with Gasteiger partial charge in [0.2, 0.25) is 10.0 Å². The molecule has 0 unspecified atom stereocenters. The summed E-state index contributed by atoms with van der Waals surface area (Å²) in [5, 5.41) is 0.0182. The van der Waals surface area contributed by atoms with Crippen molar-refractivity contribution in [2.45, 2.75) is 68.1 Å². The van der Waals surface area contributed by atoms with Crippen molar-refractivity contribution in [2.75, 3.05) is 0 Å². The molecule has 4 aromatic rings. The molecule has 12 heteroatoms. The second-order valence-corrected chi connectivity index (χ2v) is 14.3. The zero-order valence-electron chi connectivity index (χ0n) is 20.5. The molecule has 196 valence electrons. The highest BCUT2D eigenvalue weighted by molar-refractivity contribution is 7.90. The van der Waals surface area contributed by atoms with Crippen molar-refractivity contribution in [2.24, 2.45) is 5.92 Å². The van der Waals surface area contributed by atoms with Gasteiger partial charge in [0.05, 0.1) is 21.9 Å². The molecular weight excluding hydrogens is 534 g/mol. The summed E-state index contributed by atoms with van der Waals surface area (Å²) in [6.45, 7) is 3.99. The van der Waals surface area contributed by atoms with Gasteiger partial charge in [-0.1, -0.05) is 42.6 Å². The average molecular weight is 562 g/mol. The minimum atomic E-state index is -3.87. The highest BCUT2D eigenvalue weighted by Gasteiger charge is 2.42. The van der Waals surface area contributed by atoms with Crippen molar-refractivity contribution in [1.29, 1.82) is 0 Å². The van der Waals surface area contributed by atoms with Crippen LogP contribution in [0, 0.1) is 12.8 Å². The predicted octanol–water partition coefficient (Wildman–Crippen LogP) is 4.24. The Morgan fingerprint density at radius 1 is 1.05 bits per heavy atom. The molecule has 9 nitrogen and oxygen atoms in total. The number of aryl methyl sites for hydroxylation is 1. The minimum Gasteiger partial charge on any atom is -0.290 e. The second kappa shape index (κ2) is 8.79. The third kappa shape index (κ3) is 4.16. The van der Waals surface area contributed by atoms with E-state index in [1.54, 1.807) is 36.5 Å². The van der Waals surface area contributed by atoms with Crippen LogP contribution in [-0.4, -0.2) is 46.5 Å². The molecule has 0 amide bonds. The SMILES string of the molecule is CC[C@@H]1C[C@H](NS(=O)(=O)C2CC2)C[C@@H]1c1nc(Cl)c2cnc3c(ccn3S(=O)(=O)c3ccc(C)cc3)n12. The van der Waals surface area contributed by atoms with E-state index in [0.717, 1.165) is 31.2 Å². The molecule has 0 spiro atoms. The summed E-state index contributed by atoms with van der Waals surface area (Å²) in [7, 11) is -7.17. The Balaban J connectivity index is 1.43. The summed E-state index contributed by atoms with van der Waals surface area (Å²) in [5.74, 6) is 0.868. The predicted molar refractivity (Wildman–Crippen MR) is 142 cm³/mol. The molecule has 0 radical (unpaired) electrons. The van der Waals surface area contributed by atoms with E-state index in [9.17, 15) is 16.8 Å². The Labute approximate surface area is 221 Å². The van der Waals surface area contributed by atoms with Gasteiger partial charge in [-0.15, -0.1) is 0 Å². The molecule has 2 saturated carbocycles. The molecule has 1 aromatic carbocycles. The number of rotatable bonds is 7. The Morgan fingerprint density at radius 3 is 2.46 bits per heavy atom. The molecule has 0 bridgehead atoms. The Hall–Kier alpha value is -2.47. The molecule has 37 heavy (non-hydrogen) atoms. The summed E-state index contributed by atoms with van der Waals surface area (Å²) >= 11 is 6.54. The first-order valence-electron chi connectivity index (χ1n) is 12.5. The molecule has 2 aliphatic carbocycles. The van der Waals surface area contributed by atoms with Gasteiger partial charge in [0.1, 0.15) is 11.3 Å². The minimum absolute atomic E-state index is 0.0421. The molecule has 3 heterocycles. The molecule has 6 rings (SSSR count). The first-order chi connectivity index (χ1) is 17.6. The maximum Gasteiger partial charge on any atom is 0.269 e. The summed E-state index contributed by atoms with van der Waals surface area (Å²) < 4.78 is 58.1. The van der Waals surface area contributed by atoms with E-state index in [4.69, 9.17) is 16.6 Å². The normalized spacial score (nSPS) is 22.8. The monoisotopic (exact) mass is 561 g/mol. The van der Waals surface area contributed by atoms with E-state index in [2.05, 4.69) is 16.6 Å². The van der Waals surface area contributed by atoms with Gasteiger partial charge >= 0.3 is 0 Å². The number of hydrogen-bond donors (Lipinski definition) is 1. The number of hydrogen-bond acceptors (Lipinski definition) is 6. The van der Waals surface area contributed by atoms with Gasteiger partial charge < -0.3 is 0 Å². The smallest absolute Gasteiger partial charge is 0.269 e. The fourth-order valence-electron chi connectivity index (χ4n) is 5.57. The van der Waals surface area contributed by atoms with Gasteiger partial charge in [-0.05, 0) is 56.7 Å². The van der Waals surface area contributed by atoms with Crippen LogP contribution in [0.25, 0.3) is 16.7 Å². The number of nitrogens with zero attached hydrogens (tertiary/aromatic N) is 4. The number of fused-ring (bicyclic) bond motifs is 3. The Kier molecular flexibility index (Phi) is 5.90. The number of halogens is 1. The quantitative estimate of drug-likeness (QED) is 0.361. The van der Waals surface area contributed by atoms with Gasteiger partial charge in [-0.2, -0.15) is 0 Å². The number of benzene rings is 1. The zero-order chi connectivity index (χ0) is 26.1. The molecule has 0 saturated heterocycles. The molecule has 1 N–H and O–H groups in total. The summed E-state index contributed by atoms with van der Waals surface area (Å²) in [6, 6.07) is 8.23. The zero-order valence-corrected chi connectivity index (χ0v) is 22.9. The van der Waals surface area contributed by atoms with Crippen LogP contribution in [0.3, 0.4) is 0 Å². The molecule has 2 fully saturated rings. The van der Waals surface area contributed by atoms with Crippen LogP contribution in [-0.2, 0) is 20.0 Å². The number of aromatic nitrogens is 4. The van der Waals surface area contributed by atoms with Gasteiger partial charge in [0, 0.05) is 18.2 Å². The van der Waals surface area contributed by atoms with Crippen molar-refractivity contribution < 1.29 is 16.8 Å². The summed E-state index contributed by atoms with van der Waals surface area (Å²) in [6.07, 6.45) is 6.67. The highest BCUT2D eigenvalue weighted by atomic mass is 35.5. The lowest BCUT2D eigenvalue weighted by atomic mass is 9.93. The first-order valence-corrected chi connectivity index (χ1v) is 15.8. The van der Waals surface area contributed by atoms with E-state index in [0.29, 0.717) is 23.3 Å². The second-order valence-electron chi connectivity index (χ2n) is 10.2. The Morgan fingerprint density at radius 2 is 1.78 bits per heavy atom. The molecule has 2 aliphatic rings. The topological polar surface area (TPSA) is 115 Å². The van der Waals surface area contributed by atoms with Crippen LogP contribution in [0.5, 0.6) is 0 Å². The fourth-order valence-corrected chi connectivity index (χ4v) is 8.69.